The van der Waals surface area contributed by atoms with E-state index in [2.05, 4.69) is 10.0 Å². The molecule has 2 N–H and O–H groups in total. The number of Topliss-reactive ketones (excluding diaryl/α,β-unsaturated/α-hetero) is 1. The highest BCUT2D eigenvalue weighted by Gasteiger charge is 2.61. The molecular weight excluding hydrogens is 695 g/mol. The molecule has 282 valence electrons. The number of amides is 4. The maximum absolute atomic E-state index is 14.4. The highest BCUT2D eigenvalue weighted by Crippen LogP contribution is 2.57. The molecule has 0 spiro atoms. The van der Waals surface area contributed by atoms with E-state index >= 15 is 0 Å². The Labute approximate surface area is 303 Å². The van der Waals surface area contributed by atoms with Gasteiger partial charge in [-0.05, 0) is 81.8 Å². The molecule has 52 heavy (non-hydrogen) atoms. The third-order valence-corrected chi connectivity index (χ3v) is 13.4. The Morgan fingerprint density at radius 3 is 2.44 bits per heavy atom. The second-order valence-corrected chi connectivity index (χ2v) is 17.3. The minimum atomic E-state index is -3.87. The molecule has 0 aromatic heterocycles. The zero-order valence-corrected chi connectivity index (χ0v) is 30.0. The Kier molecular flexibility index (Phi) is 10.3. The van der Waals surface area contributed by atoms with E-state index in [1.54, 1.807) is 12.1 Å². The number of ketones is 1. The van der Waals surface area contributed by atoms with Crippen LogP contribution in [0.1, 0.15) is 101 Å². The number of alkyl carbamates (subject to hydrolysis) is 1. The van der Waals surface area contributed by atoms with Crippen LogP contribution in [0.4, 0.5) is 14.0 Å². The first-order chi connectivity index (χ1) is 24.9. The van der Waals surface area contributed by atoms with Crippen molar-refractivity contribution in [2.75, 3.05) is 6.54 Å². The summed E-state index contributed by atoms with van der Waals surface area (Å²) in [4.78, 5) is 71.4. The summed E-state index contributed by atoms with van der Waals surface area (Å²) in [5.41, 5.74) is -0.226. The molecule has 6 aliphatic rings. The number of halogens is 1. The standard InChI is InChI=1S/C37H47FN4O9S/c38-29-13-8-9-23-20-41(22-28(23)29)36(47)51-26-17-31-32(43)19-37(34(45)40-52(48,49)27-15-16-27)18-24(37)10-4-2-1-3-5-14-30(33(44)42(31)21-26)39-35(46)50-25-11-6-7-12-25/h4,8-10,13,24-27,30-31H,1-3,5-7,11-12,14-22H2,(H,39,46)(H,40,45)/b10-4-/t24-,26-,30+,31+,37-/m1/s1. The lowest BCUT2D eigenvalue weighted by Crippen LogP contribution is -2.52. The van der Waals surface area contributed by atoms with Gasteiger partial charge in [0.05, 0.1) is 29.8 Å². The fraction of sp³-hybridized carbons (Fsp3) is 0.649. The molecule has 1 aromatic carbocycles. The summed E-state index contributed by atoms with van der Waals surface area (Å²) in [6.45, 7) is 0.0313. The molecule has 0 radical (unpaired) electrons. The summed E-state index contributed by atoms with van der Waals surface area (Å²) >= 11 is 0. The normalized spacial score (nSPS) is 30.3. The van der Waals surface area contributed by atoms with E-state index in [1.807, 2.05) is 12.2 Å². The van der Waals surface area contributed by atoms with Crippen LogP contribution in [0.25, 0.3) is 0 Å². The molecular formula is C37H47FN4O9S. The summed E-state index contributed by atoms with van der Waals surface area (Å²) in [5.74, 6) is -2.48. The Bertz CT molecular complexity index is 1740. The highest BCUT2D eigenvalue weighted by atomic mass is 32.2. The van der Waals surface area contributed by atoms with Crippen LogP contribution in [-0.4, -0.2) is 84.1 Å². The van der Waals surface area contributed by atoms with Crippen molar-refractivity contribution in [1.29, 1.82) is 0 Å². The minimum absolute atomic E-state index is 0.0178. The lowest BCUT2D eigenvalue weighted by molar-refractivity contribution is -0.140. The van der Waals surface area contributed by atoms with Crippen LogP contribution in [0, 0.1) is 17.2 Å². The van der Waals surface area contributed by atoms with E-state index in [1.165, 1.54) is 15.9 Å². The largest absolute Gasteiger partial charge is 0.446 e. The number of fused-ring (bicyclic) bond motifs is 3. The number of nitrogens with zero attached hydrogens (tertiary/aromatic N) is 2. The Balaban J connectivity index is 1.12. The van der Waals surface area contributed by atoms with E-state index in [-0.39, 0.29) is 50.9 Å². The van der Waals surface area contributed by atoms with Crippen molar-refractivity contribution in [3.05, 3.63) is 47.3 Å². The third-order valence-electron chi connectivity index (χ3n) is 11.5. The molecule has 1 aromatic rings. The first-order valence-corrected chi connectivity index (χ1v) is 20.2. The van der Waals surface area contributed by atoms with Gasteiger partial charge in [0, 0.05) is 24.9 Å². The van der Waals surface area contributed by atoms with E-state index < -0.39 is 74.5 Å². The van der Waals surface area contributed by atoms with Crippen molar-refractivity contribution in [2.45, 2.75) is 133 Å². The predicted octanol–water partition coefficient (Wildman–Crippen LogP) is 4.38. The molecule has 3 heterocycles. The van der Waals surface area contributed by atoms with Gasteiger partial charge in [-0.15, -0.1) is 0 Å². The number of hydrogen-bond acceptors (Lipinski definition) is 9. The van der Waals surface area contributed by atoms with Crippen LogP contribution >= 0.6 is 0 Å². The van der Waals surface area contributed by atoms with Crippen LogP contribution in [0.3, 0.4) is 0 Å². The number of carbonyl (C=O) groups is 5. The van der Waals surface area contributed by atoms with Crippen molar-refractivity contribution >= 4 is 39.8 Å². The summed E-state index contributed by atoms with van der Waals surface area (Å²) < 4.78 is 53.7. The van der Waals surface area contributed by atoms with Gasteiger partial charge in [0.2, 0.25) is 21.8 Å². The van der Waals surface area contributed by atoms with Crippen LogP contribution in [0.5, 0.6) is 0 Å². The van der Waals surface area contributed by atoms with Gasteiger partial charge >= 0.3 is 12.2 Å². The van der Waals surface area contributed by atoms with Gasteiger partial charge in [-0.25, -0.2) is 22.4 Å². The summed E-state index contributed by atoms with van der Waals surface area (Å²) in [6.07, 6.45) is 8.73. The molecule has 3 saturated carbocycles. The monoisotopic (exact) mass is 742 g/mol. The third kappa shape index (κ3) is 7.84. The second kappa shape index (κ2) is 14.8. The number of nitrogens with one attached hydrogen (secondary N) is 2. The smallest absolute Gasteiger partial charge is 0.410 e. The SMILES string of the molecule is O=C(N[C@H]1CCCCC/C=C\[C@@H]2C[C@@]2(C(=O)NS(=O)(=O)C2CC2)CC(=O)[C@@H]2C[C@@H](OC(=O)N3Cc4cccc(F)c4C3)CN2C1=O)OC1CCCC1. The minimum Gasteiger partial charge on any atom is -0.446 e. The summed E-state index contributed by atoms with van der Waals surface area (Å²) in [5, 5.41) is 2.13. The number of ether oxygens (including phenoxy) is 2. The summed E-state index contributed by atoms with van der Waals surface area (Å²) in [7, 11) is -3.87. The Hall–Kier alpha value is -4.01. The Morgan fingerprint density at radius 1 is 0.923 bits per heavy atom. The van der Waals surface area contributed by atoms with Gasteiger partial charge in [-0.3, -0.25) is 24.0 Å². The van der Waals surface area contributed by atoms with E-state index in [4.69, 9.17) is 9.47 Å². The average Bonchev–Trinajstić information content (AvgIpc) is 3.88. The van der Waals surface area contributed by atoms with Crippen molar-refractivity contribution < 1.29 is 46.3 Å². The number of sulfonamides is 1. The second-order valence-electron chi connectivity index (χ2n) is 15.3. The molecule has 0 bridgehead atoms. The maximum atomic E-state index is 14.4. The first-order valence-electron chi connectivity index (χ1n) is 18.7. The van der Waals surface area contributed by atoms with Gasteiger partial charge in [0.15, 0.2) is 5.78 Å². The van der Waals surface area contributed by atoms with Crippen molar-refractivity contribution in [1.82, 2.24) is 19.8 Å². The highest BCUT2D eigenvalue weighted by molar-refractivity contribution is 7.90. The topological polar surface area (TPSA) is 168 Å². The van der Waals surface area contributed by atoms with Crippen LogP contribution in [0.2, 0.25) is 0 Å². The number of carbonyl (C=O) groups excluding carboxylic acids is 5. The fourth-order valence-corrected chi connectivity index (χ4v) is 9.63. The molecule has 7 rings (SSSR count). The van der Waals surface area contributed by atoms with Gasteiger partial charge in [-0.2, -0.15) is 0 Å². The first kappa shape index (κ1) is 36.4. The lowest BCUT2D eigenvalue weighted by Gasteiger charge is -2.29. The Morgan fingerprint density at radius 2 is 1.69 bits per heavy atom. The number of hydrogen-bond donors (Lipinski definition) is 2. The summed E-state index contributed by atoms with van der Waals surface area (Å²) in [6, 6.07) is 2.53. The number of benzene rings is 1. The van der Waals surface area contributed by atoms with Crippen molar-refractivity contribution in [3.8, 4) is 0 Å². The average molecular weight is 743 g/mol. The van der Waals surface area contributed by atoms with Crippen LogP contribution < -0.4 is 10.0 Å². The molecule has 13 nitrogen and oxygen atoms in total. The quantitative estimate of drug-likeness (QED) is 0.402. The molecule has 4 amide bonds. The zero-order chi connectivity index (χ0) is 36.6. The van der Waals surface area contributed by atoms with E-state index in [0.29, 0.717) is 43.2 Å². The molecule has 4 fully saturated rings. The number of rotatable bonds is 6. The van der Waals surface area contributed by atoms with Gasteiger partial charge in [0.25, 0.3) is 0 Å². The molecule has 15 heteroatoms. The van der Waals surface area contributed by atoms with Gasteiger partial charge in [-0.1, -0.05) is 37.1 Å². The molecule has 3 aliphatic carbocycles. The fourth-order valence-electron chi connectivity index (χ4n) is 8.25. The molecule has 5 atom stereocenters. The van der Waals surface area contributed by atoms with Crippen molar-refractivity contribution in [2.24, 2.45) is 11.3 Å². The van der Waals surface area contributed by atoms with E-state index in [0.717, 1.165) is 38.5 Å². The number of allylic oxidation sites excluding steroid dienone is 2. The molecule has 1 saturated heterocycles. The van der Waals surface area contributed by atoms with E-state index in [9.17, 15) is 36.8 Å². The van der Waals surface area contributed by atoms with Gasteiger partial charge < -0.3 is 19.7 Å². The predicted molar refractivity (Wildman–Crippen MR) is 184 cm³/mol. The van der Waals surface area contributed by atoms with Crippen molar-refractivity contribution in [3.63, 3.8) is 0 Å². The van der Waals surface area contributed by atoms with Gasteiger partial charge in [0.1, 0.15) is 24.1 Å². The zero-order valence-electron chi connectivity index (χ0n) is 29.2. The maximum Gasteiger partial charge on any atom is 0.410 e. The molecule has 3 aliphatic heterocycles. The molecule has 0 unspecified atom stereocenters. The van der Waals surface area contributed by atoms with Crippen LogP contribution in [-0.2, 0) is 47.0 Å². The lowest BCUT2D eigenvalue weighted by atomic mass is 9.91. The van der Waals surface area contributed by atoms with Crippen LogP contribution in [0.15, 0.2) is 30.4 Å².